The maximum atomic E-state index is 11.0. The molecule has 3 fully saturated rings. The fraction of sp³-hybridized carbons (Fsp3) is 1.00. The van der Waals surface area contributed by atoms with Crippen molar-refractivity contribution in [2.45, 2.75) is 76.7 Å². The topological polar surface area (TPSA) is 20.2 Å². The van der Waals surface area contributed by atoms with Gasteiger partial charge in [-0.05, 0) is 55.8 Å². The van der Waals surface area contributed by atoms with Crippen molar-refractivity contribution in [3.05, 3.63) is 0 Å². The normalized spacial score (nSPS) is 46.1. The molecule has 0 aromatic carbocycles. The van der Waals surface area contributed by atoms with E-state index in [4.69, 9.17) is 0 Å². The Balaban J connectivity index is 1.83. The molecule has 3 saturated carbocycles. The van der Waals surface area contributed by atoms with Crippen molar-refractivity contribution in [1.82, 2.24) is 0 Å². The Morgan fingerprint density at radius 2 is 1.88 bits per heavy atom. The summed E-state index contributed by atoms with van der Waals surface area (Å²) in [6, 6.07) is 0. The monoisotopic (exact) mass is 222 g/mol. The number of aliphatic hydroxyl groups is 1. The predicted molar refractivity (Wildman–Crippen MR) is 66.2 cm³/mol. The molecule has 0 radical (unpaired) electrons. The molecule has 2 bridgehead atoms. The van der Waals surface area contributed by atoms with Gasteiger partial charge in [0, 0.05) is 0 Å². The Morgan fingerprint density at radius 3 is 2.50 bits per heavy atom. The molecule has 3 aliphatic carbocycles. The zero-order chi connectivity index (χ0) is 11.2. The molecule has 92 valence electrons. The third-order valence-corrected chi connectivity index (χ3v) is 6.13. The summed E-state index contributed by atoms with van der Waals surface area (Å²) >= 11 is 0. The highest BCUT2D eigenvalue weighted by molar-refractivity contribution is 5.08. The van der Waals surface area contributed by atoms with Crippen LogP contribution in [0.1, 0.15) is 71.1 Å². The Hall–Kier alpha value is -0.0400. The highest BCUT2D eigenvalue weighted by atomic mass is 16.3. The van der Waals surface area contributed by atoms with Crippen LogP contribution in [-0.2, 0) is 0 Å². The Bertz CT molecular complexity index is 267. The van der Waals surface area contributed by atoms with Crippen molar-refractivity contribution >= 4 is 0 Å². The lowest BCUT2D eigenvalue weighted by molar-refractivity contribution is -0.0951. The van der Waals surface area contributed by atoms with Gasteiger partial charge in [0.25, 0.3) is 0 Å². The van der Waals surface area contributed by atoms with Crippen molar-refractivity contribution in [1.29, 1.82) is 0 Å². The lowest BCUT2D eigenvalue weighted by Crippen LogP contribution is -2.46. The molecular weight excluding hydrogens is 196 g/mol. The van der Waals surface area contributed by atoms with Crippen molar-refractivity contribution in [2.24, 2.45) is 17.3 Å². The van der Waals surface area contributed by atoms with E-state index in [-0.39, 0.29) is 5.60 Å². The van der Waals surface area contributed by atoms with E-state index in [2.05, 4.69) is 6.92 Å². The van der Waals surface area contributed by atoms with Gasteiger partial charge in [-0.2, -0.15) is 0 Å². The zero-order valence-electron chi connectivity index (χ0n) is 10.7. The van der Waals surface area contributed by atoms with Crippen LogP contribution in [0.5, 0.6) is 0 Å². The molecule has 3 unspecified atom stereocenters. The van der Waals surface area contributed by atoms with E-state index in [9.17, 15) is 5.11 Å². The van der Waals surface area contributed by atoms with E-state index >= 15 is 0 Å². The van der Waals surface area contributed by atoms with Crippen molar-refractivity contribution < 1.29 is 5.11 Å². The first kappa shape index (κ1) is 11.1. The summed E-state index contributed by atoms with van der Waals surface area (Å²) in [7, 11) is 0. The van der Waals surface area contributed by atoms with Crippen LogP contribution in [0.4, 0.5) is 0 Å². The summed E-state index contributed by atoms with van der Waals surface area (Å²) in [5, 5.41) is 11.0. The highest BCUT2D eigenvalue weighted by Gasteiger charge is 2.57. The summed E-state index contributed by atoms with van der Waals surface area (Å²) < 4.78 is 0. The van der Waals surface area contributed by atoms with Gasteiger partial charge in [-0.1, -0.05) is 32.6 Å². The summed E-state index contributed by atoms with van der Waals surface area (Å²) in [6.07, 6.45) is 13.0. The van der Waals surface area contributed by atoms with E-state index < -0.39 is 0 Å². The molecule has 0 amide bonds. The van der Waals surface area contributed by atoms with Gasteiger partial charge < -0.3 is 5.11 Å². The maximum absolute atomic E-state index is 11.0. The average Bonchev–Trinajstić information content (AvgIpc) is 2.88. The van der Waals surface area contributed by atoms with Gasteiger partial charge >= 0.3 is 0 Å². The fourth-order valence-corrected chi connectivity index (χ4v) is 5.24. The van der Waals surface area contributed by atoms with Crippen LogP contribution >= 0.6 is 0 Å². The molecule has 0 saturated heterocycles. The van der Waals surface area contributed by atoms with Crippen molar-refractivity contribution in [2.75, 3.05) is 0 Å². The molecule has 0 heterocycles. The second-order valence-corrected chi connectivity index (χ2v) is 6.78. The minimum Gasteiger partial charge on any atom is -0.390 e. The van der Waals surface area contributed by atoms with Crippen LogP contribution < -0.4 is 0 Å². The van der Waals surface area contributed by atoms with Crippen LogP contribution in [0.25, 0.3) is 0 Å². The van der Waals surface area contributed by atoms with Crippen LogP contribution in [0.15, 0.2) is 0 Å². The summed E-state index contributed by atoms with van der Waals surface area (Å²) in [4.78, 5) is 0. The lowest BCUT2D eigenvalue weighted by atomic mass is 9.62. The third kappa shape index (κ3) is 1.47. The lowest BCUT2D eigenvalue weighted by Gasteiger charge is -2.47. The minimum atomic E-state index is -0.274. The first-order valence-corrected chi connectivity index (χ1v) is 7.41. The van der Waals surface area contributed by atoms with E-state index in [0.717, 1.165) is 18.8 Å². The SMILES string of the molecule is CCC12CCC(CC1C1(O)CCCCC1)C2. The van der Waals surface area contributed by atoms with Gasteiger partial charge in [-0.3, -0.25) is 0 Å². The third-order valence-electron chi connectivity index (χ3n) is 6.13. The predicted octanol–water partition coefficient (Wildman–Crippen LogP) is 3.90. The molecule has 0 aromatic rings. The first-order valence-electron chi connectivity index (χ1n) is 7.41. The van der Waals surface area contributed by atoms with Gasteiger partial charge in [0.2, 0.25) is 0 Å². The molecule has 0 aliphatic heterocycles. The van der Waals surface area contributed by atoms with E-state index in [1.165, 1.54) is 51.4 Å². The van der Waals surface area contributed by atoms with Crippen LogP contribution in [-0.4, -0.2) is 10.7 Å². The zero-order valence-corrected chi connectivity index (χ0v) is 10.7. The van der Waals surface area contributed by atoms with Gasteiger partial charge in [0.15, 0.2) is 0 Å². The highest BCUT2D eigenvalue weighted by Crippen LogP contribution is 2.63. The summed E-state index contributed by atoms with van der Waals surface area (Å²) in [5.41, 5.74) is 0.264. The van der Waals surface area contributed by atoms with Crippen molar-refractivity contribution in [3.8, 4) is 0 Å². The molecule has 1 nitrogen and oxygen atoms in total. The second kappa shape index (κ2) is 3.73. The molecule has 0 aromatic heterocycles. The Kier molecular flexibility index (Phi) is 2.58. The van der Waals surface area contributed by atoms with Gasteiger partial charge in [0.05, 0.1) is 5.60 Å². The Morgan fingerprint density at radius 1 is 1.12 bits per heavy atom. The molecule has 3 rings (SSSR count). The molecule has 3 aliphatic rings. The number of rotatable bonds is 2. The molecule has 1 heteroatoms. The fourth-order valence-electron chi connectivity index (χ4n) is 5.24. The molecule has 16 heavy (non-hydrogen) atoms. The Labute approximate surface area is 99.6 Å². The minimum absolute atomic E-state index is 0.274. The summed E-state index contributed by atoms with van der Waals surface area (Å²) in [5.74, 6) is 1.60. The van der Waals surface area contributed by atoms with Crippen molar-refractivity contribution in [3.63, 3.8) is 0 Å². The molecule has 0 spiro atoms. The molecule has 3 atom stereocenters. The number of hydrogen-bond donors (Lipinski definition) is 1. The van der Waals surface area contributed by atoms with Crippen LogP contribution in [0, 0.1) is 17.3 Å². The molecule has 1 N–H and O–H groups in total. The average molecular weight is 222 g/mol. The smallest absolute Gasteiger partial charge is 0.0681 e. The van der Waals surface area contributed by atoms with E-state index in [1.807, 2.05) is 0 Å². The first-order chi connectivity index (χ1) is 7.69. The summed E-state index contributed by atoms with van der Waals surface area (Å²) in [6.45, 7) is 2.35. The number of fused-ring (bicyclic) bond motifs is 2. The van der Waals surface area contributed by atoms with Gasteiger partial charge in [-0.15, -0.1) is 0 Å². The van der Waals surface area contributed by atoms with E-state index in [1.54, 1.807) is 0 Å². The van der Waals surface area contributed by atoms with E-state index in [0.29, 0.717) is 11.3 Å². The second-order valence-electron chi connectivity index (χ2n) is 6.78. The standard InChI is InChI=1S/C15H26O/c1-2-14-9-6-12(11-14)10-13(14)15(16)7-4-3-5-8-15/h12-13,16H,2-11H2,1H3. The maximum Gasteiger partial charge on any atom is 0.0681 e. The quantitative estimate of drug-likeness (QED) is 0.751. The largest absolute Gasteiger partial charge is 0.390 e. The van der Waals surface area contributed by atoms with Crippen LogP contribution in [0.3, 0.4) is 0 Å². The molecular formula is C15H26O. The van der Waals surface area contributed by atoms with Gasteiger partial charge in [0.1, 0.15) is 0 Å². The number of hydrogen-bond acceptors (Lipinski definition) is 1. The van der Waals surface area contributed by atoms with Crippen LogP contribution in [0.2, 0.25) is 0 Å². The van der Waals surface area contributed by atoms with Gasteiger partial charge in [-0.25, -0.2) is 0 Å².